The lowest BCUT2D eigenvalue weighted by Crippen LogP contribution is -2.45. The molecule has 2 aliphatic rings. The highest BCUT2D eigenvalue weighted by molar-refractivity contribution is 6.32. The quantitative estimate of drug-likeness (QED) is 0.450. The normalized spacial score (nSPS) is 25.7. The fraction of sp³-hybridized carbons (Fsp3) is 0.579. The molecule has 2 bridgehead atoms. The molecular formula is C19H23ClN2O5. The van der Waals surface area contributed by atoms with Crippen molar-refractivity contribution in [3.05, 3.63) is 38.9 Å². The number of halogens is 1. The summed E-state index contributed by atoms with van der Waals surface area (Å²) in [5.41, 5.74) is -0.403. The van der Waals surface area contributed by atoms with Crippen LogP contribution < -0.4 is 5.32 Å². The summed E-state index contributed by atoms with van der Waals surface area (Å²) in [5.74, 6) is 0.787. The predicted octanol–water partition coefficient (Wildman–Crippen LogP) is 3.73. The minimum Gasteiger partial charge on any atom is -0.449 e. The molecule has 5 atom stereocenters. The summed E-state index contributed by atoms with van der Waals surface area (Å²) >= 11 is 5.74. The van der Waals surface area contributed by atoms with E-state index in [-0.39, 0.29) is 28.2 Å². The van der Waals surface area contributed by atoms with Gasteiger partial charge in [0.2, 0.25) is 0 Å². The van der Waals surface area contributed by atoms with Gasteiger partial charge in [-0.3, -0.25) is 14.9 Å². The lowest BCUT2D eigenvalue weighted by molar-refractivity contribution is -0.384. The number of nitro benzene ring substituents is 1. The standard InChI is InChI=1S/C19H23ClN2O5/c1-10(15-8-12-3-4-13(15)7-12)21-18(23)11(2)27-19(24)14-5-6-16(20)17(9-14)22(25)26/h5-6,9-13,15H,3-4,7-8H2,1-2H3,(H,21,23). The number of benzene rings is 1. The molecule has 1 amide bonds. The van der Waals surface area contributed by atoms with E-state index in [0.717, 1.165) is 18.4 Å². The van der Waals surface area contributed by atoms with E-state index in [9.17, 15) is 19.7 Å². The Labute approximate surface area is 162 Å². The molecule has 3 rings (SSSR count). The van der Waals surface area contributed by atoms with E-state index in [2.05, 4.69) is 5.32 Å². The molecule has 0 aromatic heterocycles. The molecule has 8 heteroatoms. The SMILES string of the molecule is CC(OC(=O)c1ccc(Cl)c([N+](=O)[O-])c1)C(=O)NC(C)C1CC2CCC1C2. The molecule has 146 valence electrons. The first-order valence-electron chi connectivity index (χ1n) is 9.21. The molecule has 0 saturated heterocycles. The highest BCUT2D eigenvalue weighted by Gasteiger charge is 2.42. The van der Waals surface area contributed by atoms with E-state index in [1.165, 1.54) is 38.3 Å². The average molecular weight is 395 g/mol. The number of nitro groups is 1. The molecule has 1 aromatic carbocycles. The van der Waals surface area contributed by atoms with Crippen molar-refractivity contribution in [3.63, 3.8) is 0 Å². The number of rotatable bonds is 6. The van der Waals surface area contributed by atoms with Gasteiger partial charge in [-0.1, -0.05) is 18.0 Å². The van der Waals surface area contributed by atoms with Crippen LogP contribution in [0.1, 0.15) is 49.9 Å². The van der Waals surface area contributed by atoms with Crippen molar-refractivity contribution in [2.24, 2.45) is 17.8 Å². The highest BCUT2D eigenvalue weighted by Crippen LogP contribution is 2.49. The first kappa shape index (κ1) is 19.6. The second-order valence-corrected chi connectivity index (χ2v) is 8.01. The van der Waals surface area contributed by atoms with Crippen molar-refractivity contribution in [3.8, 4) is 0 Å². The second kappa shape index (κ2) is 7.84. The van der Waals surface area contributed by atoms with Gasteiger partial charge in [-0.2, -0.15) is 0 Å². The molecule has 1 N–H and O–H groups in total. The lowest BCUT2D eigenvalue weighted by atomic mass is 9.84. The number of nitrogens with one attached hydrogen (secondary N) is 1. The van der Waals surface area contributed by atoms with Crippen molar-refractivity contribution in [1.82, 2.24) is 5.32 Å². The van der Waals surface area contributed by atoms with Gasteiger partial charge in [0.1, 0.15) is 5.02 Å². The Balaban J connectivity index is 1.57. The maximum atomic E-state index is 12.4. The lowest BCUT2D eigenvalue weighted by Gasteiger charge is -2.29. The average Bonchev–Trinajstić information content (AvgIpc) is 3.24. The van der Waals surface area contributed by atoms with Crippen LogP contribution >= 0.6 is 11.6 Å². The summed E-state index contributed by atoms with van der Waals surface area (Å²) in [6, 6.07) is 3.68. The minimum atomic E-state index is -0.992. The van der Waals surface area contributed by atoms with Gasteiger partial charge in [-0.25, -0.2) is 4.79 Å². The van der Waals surface area contributed by atoms with Crippen LogP contribution in [-0.4, -0.2) is 28.9 Å². The van der Waals surface area contributed by atoms with Crippen LogP contribution in [0.5, 0.6) is 0 Å². The number of ether oxygens (including phenoxy) is 1. The molecule has 0 heterocycles. The Morgan fingerprint density at radius 3 is 2.63 bits per heavy atom. The van der Waals surface area contributed by atoms with E-state index in [1.54, 1.807) is 0 Å². The molecule has 1 aromatic rings. The van der Waals surface area contributed by atoms with Gasteiger partial charge in [0, 0.05) is 12.1 Å². The van der Waals surface area contributed by atoms with Gasteiger partial charge in [0.25, 0.3) is 11.6 Å². The Kier molecular flexibility index (Phi) is 5.69. The van der Waals surface area contributed by atoms with E-state index in [4.69, 9.17) is 16.3 Å². The topological polar surface area (TPSA) is 98.5 Å². The Bertz CT molecular complexity index is 768. The van der Waals surface area contributed by atoms with Crippen LogP contribution in [0.3, 0.4) is 0 Å². The van der Waals surface area contributed by atoms with E-state index >= 15 is 0 Å². The Morgan fingerprint density at radius 2 is 2.04 bits per heavy atom. The fourth-order valence-corrected chi connectivity index (χ4v) is 4.60. The molecule has 7 nitrogen and oxygen atoms in total. The van der Waals surface area contributed by atoms with Crippen molar-refractivity contribution < 1.29 is 19.2 Å². The summed E-state index contributed by atoms with van der Waals surface area (Å²) in [4.78, 5) is 34.9. The molecule has 2 saturated carbocycles. The molecule has 0 aliphatic heterocycles. The van der Waals surface area contributed by atoms with Gasteiger partial charge >= 0.3 is 5.97 Å². The van der Waals surface area contributed by atoms with Gasteiger partial charge in [-0.15, -0.1) is 0 Å². The van der Waals surface area contributed by atoms with Crippen LogP contribution in [0.4, 0.5) is 5.69 Å². The summed E-state index contributed by atoms with van der Waals surface area (Å²) in [6.45, 7) is 3.49. The van der Waals surface area contributed by atoms with Crippen molar-refractivity contribution in [1.29, 1.82) is 0 Å². The molecular weight excluding hydrogens is 372 g/mol. The largest absolute Gasteiger partial charge is 0.449 e. The summed E-state index contributed by atoms with van der Waals surface area (Å²) in [7, 11) is 0. The number of nitrogens with zero attached hydrogens (tertiary/aromatic N) is 1. The fourth-order valence-electron chi connectivity index (χ4n) is 4.42. The zero-order valence-electron chi connectivity index (χ0n) is 15.3. The minimum absolute atomic E-state index is 0.0214. The summed E-state index contributed by atoms with van der Waals surface area (Å²) in [5, 5.41) is 13.8. The van der Waals surface area contributed by atoms with E-state index in [1.807, 2.05) is 6.92 Å². The molecule has 5 unspecified atom stereocenters. The smallest absolute Gasteiger partial charge is 0.339 e. The summed E-state index contributed by atoms with van der Waals surface area (Å²) < 4.78 is 5.18. The van der Waals surface area contributed by atoms with E-state index in [0.29, 0.717) is 11.8 Å². The molecule has 0 radical (unpaired) electrons. The predicted molar refractivity (Wildman–Crippen MR) is 99.5 cm³/mol. The van der Waals surface area contributed by atoms with Crippen LogP contribution in [0.2, 0.25) is 5.02 Å². The second-order valence-electron chi connectivity index (χ2n) is 7.61. The monoisotopic (exact) mass is 394 g/mol. The number of esters is 1. The number of carbonyl (C=O) groups is 2. The van der Waals surface area contributed by atoms with Crippen molar-refractivity contribution in [2.75, 3.05) is 0 Å². The maximum Gasteiger partial charge on any atom is 0.339 e. The molecule has 2 aliphatic carbocycles. The zero-order valence-corrected chi connectivity index (χ0v) is 16.1. The molecule has 2 fully saturated rings. The Hall–Kier alpha value is -2.15. The third-order valence-electron chi connectivity index (χ3n) is 5.84. The van der Waals surface area contributed by atoms with Crippen molar-refractivity contribution >= 4 is 29.2 Å². The number of carbonyl (C=O) groups excluding carboxylic acids is 2. The van der Waals surface area contributed by atoms with Crippen LogP contribution in [0.25, 0.3) is 0 Å². The number of fused-ring (bicyclic) bond motifs is 2. The number of hydrogen-bond donors (Lipinski definition) is 1. The van der Waals surface area contributed by atoms with Crippen LogP contribution in [-0.2, 0) is 9.53 Å². The maximum absolute atomic E-state index is 12.4. The number of amides is 1. The van der Waals surface area contributed by atoms with Crippen molar-refractivity contribution in [2.45, 2.75) is 51.7 Å². The van der Waals surface area contributed by atoms with Crippen LogP contribution in [0.15, 0.2) is 18.2 Å². The van der Waals surface area contributed by atoms with Gasteiger partial charge in [0.15, 0.2) is 6.10 Å². The zero-order chi connectivity index (χ0) is 19.7. The summed E-state index contributed by atoms with van der Waals surface area (Å²) in [6.07, 6.45) is 3.94. The van der Waals surface area contributed by atoms with E-state index < -0.39 is 17.0 Å². The third-order valence-corrected chi connectivity index (χ3v) is 6.16. The Morgan fingerprint density at radius 1 is 1.30 bits per heavy atom. The first-order chi connectivity index (χ1) is 12.8. The molecule has 27 heavy (non-hydrogen) atoms. The third kappa shape index (κ3) is 4.24. The van der Waals surface area contributed by atoms with Gasteiger partial charge in [-0.05, 0) is 63.0 Å². The molecule has 0 spiro atoms. The van der Waals surface area contributed by atoms with Crippen LogP contribution in [0, 0.1) is 27.9 Å². The highest BCUT2D eigenvalue weighted by atomic mass is 35.5. The number of hydrogen-bond acceptors (Lipinski definition) is 5. The first-order valence-corrected chi connectivity index (χ1v) is 9.59. The van der Waals surface area contributed by atoms with Gasteiger partial charge < -0.3 is 10.1 Å². The van der Waals surface area contributed by atoms with Gasteiger partial charge in [0.05, 0.1) is 10.5 Å².